The smallest absolute Gasteiger partial charge is 0.237 e. The van der Waals surface area contributed by atoms with Crippen LogP contribution < -0.4 is 21.3 Å². The molecule has 0 aromatic heterocycles. The number of carbonyl (C=O) groups is 2. The van der Waals surface area contributed by atoms with E-state index in [1.54, 1.807) is 12.1 Å². The molecule has 2 heterocycles. The zero-order valence-corrected chi connectivity index (χ0v) is 17.7. The molecule has 2 amide bonds. The van der Waals surface area contributed by atoms with Crippen LogP contribution in [0.2, 0.25) is 5.02 Å². The molecule has 0 bridgehead atoms. The van der Waals surface area contributed by atoms with Gasteiger partial charge in [0.15, 0.2) is 5.11 Å². The van der Waals surface area contributed by atoms with E-state index in [0.29, 0.717) is 35.6 Å². The van der Waals surface area contributed by atoms with Crippen LogP contribution in [0.5, 0.6) is 0 Å². The van der Waals surface area contributed by atoms with E-state index >= 15 is 0 Å². The third-order valence-electron chi connectivity index (χ3n) is 5.71. The van der Waals surface area contributed by atoms with Gasteiger partial charge in [-0.3, -0.25) is 14.5 Å². The molecule has 0 radical (unpaired) electrons. The molecule has 1 saturated carbocycles. The maximum atomic E-state index is 12.3. The van der Waals surface area contributed by atoms with Gasteiger partial charge >= 0.3 is 0 Å². The van der Waals surface area contributed by atoms with Gasteiger partial charge in [-0.25, -0.2) is 0 Å². The topological polar surface area (TPSA) is 85.5 Å². The molecule has 2 aliphatic heterocycles. The summed E-state index contributed by atoms with van der Waals surface area (Å²) in [5.74, 6) is 0.174. The largest absolute Gasteiger partial charge is 0.358 e. The molecule has 7 nitrogen and oxygen atoms in total. The molecule has 1 aromatic carbocycles. The molecule has 0 spiro atoms. The van der Waals surface area contributed by atoms with Crippen LogP contribution in [0.1, 0.15) is 32.1 Å². The molecule has 156 valence electrons. The van der Waals surface area contributed by atoms with Crippen LogP contribution in [-0.4, -0.2) is 59.1 Å². The number of halogens is 1. The first-order valence-electron chi connectivity index (χ1n) is 10.1. The summed E-state index contributed by atoms with van der Waals surface area (Å²) in [5, 5.41) is 13.7. The Morgan fingerprint density at radius 1 is 1.21 bits per heavy atom. The summed E-state index contributed by atoms with van der Waals surface area (Å²) in [6.45, 7) is 1.32. The molecule has 4 N–H and O–H groups in total. The minimum Gasteiger partial charge on any atom is -0.358 e. The lowest BCUT2D eigenvalue weighted by Gasteiger charge is -2.37. The molecule has 3 fully saturated rings. The first-order valence-corrected chi connectivity index (χ1v) is 10.9. The highest BCUT2D eigenvalue weighted by atomic mass is 35.5. The first-order chi connectivity index (χ1) is 14.0. The third-order valence-corrected chi connectivity index (χ3v) is 6.18. The summed E-state index contributed by atoms with van der Waals surface area (Å²) >= 11 is 11.3. The number of thiocarbonyl (C=S) groups is 1. The van der Waals surface area contributed by atoms with Crippen LogP contribution in [0.4, 0.5) is 5.69 Å². The predicted octanol–water partition coefficient (Wildman–Crippen LogP) is 1.63. The number of rotatable bonds is 6. The Hall–Kier alpha value is -1.90. The van der Waals surface area contributed by atoms with Crippen molar-refractivity contribution in [3.8, 4) is 0 Å². The number of fused-ring (bicyclic) bond motifs is 1. The molecule has 9 heteroatoms. The fraction of sp³-hybridized carbons (Fsp3) is 0.550. The normalized spacial score (nSPS) is 26.4. The van der Waals surface area contributed by atoms with Crippen LogP contribution in [-0.2, 0) is 9.59 Å². The Morgan fingerprint density at radius 3 is 2.69 bits per heavy atom. The molecule has 29 heavy (non-hydrogen) atoms. The summed E-state index contributed by atoms with van der Waals surface area (Å²) in [6, 6.07) is 7.81. The van der Waals surface area contributed by atoms with Crippen molar-refractivity contribution in [2.45, 2.75) is 56.3 Å². The van der Waals surface area contributed by atoms with Crippen LogP contribution >= 0.6 is 23.8 Å². The number of nitrogens with zero attached hydrogens (tertiary/aromatic N) is 1. The zero-order valence-electron chi connectivity index (χ0n) is 16.1. The van der Waals surface area contributed by atoms with Gasteiger partial charge in [0.1, 0.15) is 0 Å². The third kappa shape index (κ3) is 5.38. The summed E-state index contributed by atoms with van der Waals surface area (Å²) in [4.78, 5) is 26.6. The standard InChI is InChI=1S/C20H26ClN5O2S/c21-12-1-3-14(4-2-12)24-20(29)25-15-9-17-19(28)22-10-16(26(17)11-15)7-8-18(27)23-13-5-6-13/h1-4,13,15-17H,5-11H2,(H,22,28)(H,23,27)(H2,24,25,29)/t15-,16-,17+/m1/s1. The van der Waals surface area contributed by atoms with Crippen molar-refractivity contribution >= 4 is 46.4 Å². The minimum atomic E-state index is -0.170. The number of carbonyl (C=O) groups excluding carboxylic acids is 2. The Balaban J connectivity index is 1.29. The molecule has 3 atom stereocenters. The van der Waals surface area contributed by atoms with E-state index in [1.807, 2.05) is 12.1 Å². The number of nitrogens with one attached hydrogen (secondary N) is 4. The maximum absolute atomic E-state index is 12.3. The van der Waals surface area contributed by atoms with E-state index in [9.17, 15) is 9.59 Å². The van der Waals surface area contributed by atoms with Gasteiger partial charge in [0.25, 0.3) is 0 Å². The van der Waals surface area contributed by atoms with E-state index < -0.39 is 0 Å². The van der Waals surface area contributed by atoms with Gasteiger partial charge in [0, 0.05) is 48.3 Å². The first kappa shape index (κ1) is 20.4. The van der Waals surface area contributed by atoms with Crippen molar-refractivity contribution in [1.29, 1.82) is 0 Å². The highest BCUT2D eigenvalue weighted by Crippen LogP contribution is 2.26. The number of anilines is 1. The average molecular weight is 436 g/mol. The van der Waals surface area contributed by atoms with Gasteiger partial charge < -0.3 is 21.3 Å². The van der Waals surface area contributed by atoms with Crippen molar-refractivity contribution in [3.63, 3.8) is 0 Å². The number of hydrogen-bond donors (Lipinski definition) is 4. The predicted molar refractivity (Wildman–Crippen MR) is 117 cm³/mol. The second kappa shape index (κ2) is 8.85. The fourth-order valence-corrected chi connectivity index (χ4v) is 4.47. The average Bonchev–Trinajstić information content (AvgIpc) is 3.39. The van der Waals surface area contributed by atoms with Gasteiger partial charge in [0.2, 0.25) is 11.8 Å². The summed E-state index contributed by atoms with van der Waals surface area (Å²) in [5.41, 5.74) is 0.861. The SMILES string of the molecule is O=C(CC[C@@H]1CNC(=O)[C@@H]2C[C@@H](NC(=S)Nc3ccc(Cl)cc3)CN12)NC1CC1. The molecular weight excluding hydrogens is 410 g/mol. The number of benzene rings is 1. The van der Waals surface area contributed by atoms with E-state index in [1.165, 1.54) is 0 Å². The van der Waals surface area contributed by atoms with Crippen molar-refractivity contribution in [1.82, 2.24) is 20.9 Å². The summed E-state index contributed by atoms with van der Waals surface area (Å²) < 4.78 is 0. The molecule has 2 saturated heterocycles. The van der Waals surface area contributed by atoms with Crippen molar-refractivity contribution in [2.24, 2.45) is 0 Å². The van der Waals surface area contributed by atoms with E-state index in [2.05, 4.69) is 26.2 Å². The fourth-order valence-electron chi connectivity index (χ4n) is 4.06. The minimum absolute atomic E-state index is 0.0598. The number of piperazine rings is 1. The second-order valence-corrected chi connectivity index (χ2v) is 8.87. The monoisotopic (exact) mass is 435 g/mol. The Labute approximate surface area is 180 Å². The van der Waals surface area contributed by atoms with Gasteiger partial charge in [-0.2, -0.15) is 0 Å². The maximum Gasteiger partial charge on any atom is 0.237 e. The van der Waals surface area contributed by atoms with Crippen LogP contribution in [0.25, 0.3) is 0 Å². The highest BCUT2D eigenvalue weighted by Gasteiger charge is 2.43. The van der Waals surface area contributed by atoms with Gasteiger partial charge in [0.05, 0.1) is 6.04 Å². The molecule has 4 rings (SSSR count). The van der Waals surface area contributed by atoms with Gasteiger partial charge in [-0.05, 0) is 62.2 Å². The van der Waals surface area contributed by atoms with E-state index in [-0.39, 0.29) is 29.9 Å². The quantitative estimate of drug-likeness (QED) is 0.508. The highest BCUT2D eigenvalue weighted by molar-refractivity contribution is 7.80. The van der Waals surface area contributed by atoms with Gasteiger partial charge in [-0.1, -0.05) is 11.6 Å². The van der Waals surface area contributed by atoms with Crippen LogP contribution in [0.15, 0.2) is 24.3 Å². The molecular formula is C20H26ClN5O2S. The molecule has 1 aromatic rings. The Kier molecular flexibility index (Phi) is 6.22. The lowest BCUT2D eigenvalue weighted by atomic mass is 10.0. The molecule has 3 aliphatic rings. The number of amides is 2. The van der Waals surface area contributed by atoms with Crippen LogP contribution in [0.3, 0.4) is 0 Å². The zero-order chi connectivity index (χ0) is 20.4. The Bertz CT molecular complexity index is 786. The van der Waals surface area contributed by atoms with E-state index in [0.717, 1.165) is 31.5 Å². The van der Waals surface area contributed by atoms with Gasteiger partial charge in [-0.15, -0.1) is 0 Å². The lowest BCUT2D eigenvalue weighted by molar-refractivity contribution is -0.129. The molecule has 0 unspecified atom stereocenters. The van der Waals surface area contributed by atoms with Crippen molar-refractivity contribution in [2.75, 3.05) is 18.4 Å². The second-order valence-electron chi connectivity index (χ2n) is 8.03. The van der Waals surface area contributed by atoms with Crippen LogP contribution in [0, 0.1) is 0 Å². The Morgan fingerprint density at radius 2 is 1.97 bits per heavy atom. The van der Waals surface area contributed by atoms with E-state index in [4.69, 9.17) is 23.8 Å². The summed E-state index contributed by atoms with van der Waals surface area (Å²) in [6.07, 6.45) is 4.12. The van der Waals surface area contributed by atoms with Crippen molar-refractivity contribution < 1.29 is 9.59 Å². The lowest BCUT2D eigenvalue weighted by Crippen LogP contribution is -2.58. The van der Waals surface area contributed by atoms with Crippen molar-refractivity contribution in [3.05, 3.63) is 29.3 Å². The number of hydrogen-bond acceptors (Lipinski definition) is 4. The molecule has 1 aliphatic carbocycles. The summed E-state index contributed by atoms with van der Waals surface area (Å²) in [7, 11) is 0.